The first-order chi connectivity index (χ1) is 9.70. The summed E-state index contributed by atoms with van der Waals surface area (Å²) in [5.74, 6) is 0. The minimum Gasteiger partial charge on any atom is -0.279 e. The monoisotopic (exact) mass is 407 g/mol. The number of nitrogens with one attached hydrogen (secondary N) is 1. The largest absolute Gasteiger partial charge is 0.279 e. The molecule has 0 aliphatic heterocycles. The van der Waals surface area contributed by atoms with Crippen molar-refractivity contribution in [1.82, 2.24) is 0 Å². The Labute approximate surface area is 142 Å². The van der Waals surface area contributed by atoms with Crippen molar-refractivity contribution in [3.05, 3.63) is 56.0 Å². The van der Waals surface area contributed by atoms with Crippen LogP contribution in [0.4, 0.5) is 5.69 Å². The second kappa shape index (κ2) is 6.16. The third-order valence-electron chi connectivity index (χ3n) is 2.94. The number of sulfonamides is 1. The molecule has 0 aliphatic carbocycles. The van der Waals surface area contributed by atoms with Gasteiger partial charge in [-0.1, -0.05) is 39.1 Å². The molecule has 2 aromatic carbocycles. The summed E-state index contributed by atoms with van der Waals surface area (Å²) in [6.07, 6.45) is 0. The maximum atomic E-state index is 12.5. The lowest BCUT2D eigenvalue weighted by Gasteiger charge is -2.13. The van der Waals surface area contributed by atoms with Gasteiger partial charge in [-0.25, -0.2) is 8.42 Å². The van der Waals surface area contributed by atoms with E-state index in [0.717, 1.165) is 10.0 Å². The zero-order valence-corrected chi connectivity index (χ0v) is 15.2. The molecule has 112 valence electrons. The van der Waals surface area contributed by atoms with Crippen molar-refractivity contribution in [3.8, 4) is 0 Å². The third-order valence-corrected chi connectivity index (χ3v) is 5.67. The lowest BCUT2D eigenvalue weighted by molar-refractivity contribution is 0.601. The number of aryl methyl sites for hydroxylation is 2. The summed E-state index contributed by atoms with van der Waals surface area (Å²) in [4.78, 5) is 0.00776. The van der Waals surface area contributed by atoms with Gasteiger partial charge in [0.2, 0.25) is 0 Å². The van der Waals surface area contributed by atoms with Gasteiger partial charge in [0, 0.05) is 9.50 Å². The molecule has 0 aromatic heterocycles. The molecule has 0 amide bonds. The van der Waals surface area contributed by atoms with Gasteiger partial charge in [0.15, 0.2) is 0 Å². The van der Waals surface area contributed by atoms with Crippen LogP contribution in [0.5, 0.6) is 0 Å². The Morgan fingerprint density at radius 3 is 2.29 bits per heavy atom. The van der Waals surface area contributed by atoms with E-state index in [1.54, 1.807) is 19.1 Å². The lowest BCUT2D eigenvalue weighted by atomic mass is 10.2. The number of halogens is 3. The number of hydrogen-bond donors (Lipinski definition) is 1. The van der Waals surface area contributed by atoms with E-state index in [0.29, 0.717) is 16.3 Å². The van der Waals surface area contributed by atoms with Gasteiger partial charge in [0.25, 0.3) is 10.0 Å². The van der Waals surface area contributed by atoms with E-state index in [4.69, 9.17) is 23.2 Å². The van der Waals surface area contributed by atoms with Crippen molar-refractivity contribution in [1.29, 1.82) is 0 Å². The van der Waals surface area contributed by atoms with E-state index in [1.807, 2.05) is 13.0 Å². The predicted octanol–water partition coefficient (Wildman–Crippen LogP) is 5.17. The minimum absolute atomic E-state index is 0.00776. The highest BCUT2D eigenvalue weighted by Crippen LogP contribution is 2.30. The molecule has 1 N–H and O–H groups in total. The summed E-state index contributed by atoms with van der Waals surface area (Å²) in [5.41, 5.74) is 1.95. The SMILES string of the molecule is Cc1cc(S(=O)(=O)Nc2ccc(Br)cc2C)c(Cl)cc1Cl. The fourth-order valence-electron chi connectivity index (χ4n) is 1.78. The Kier molecular flexibility index (Phi) is 4.88. The maximum Gasteiger partial charge on any atom is 0.263 e. The first-order valence-electron chi connectivity index (χ1n) is 5.95. The van der Waals surface area contributed by atoms with Crippen molar-refractivity contribution >= 4 is 54.8 Å². The highest BCUT2D eigenvalue weighted by atomic mass is 79.9. The molecule has 0 bridgehead atoms. The highest BCUT2D eigenvalue weighted by Gasteiger charge is 2.20. The van der Waals surface area contributed by atoms with Gasteiger partial charge in [-0.3, -0.25) is 4.72 Å². The van der Waals surface area contributed by atoms with Gasteiger partial charge >= 0.3 is 0 Å². The Morgan fingerprint density at radius 1 is 1.00 bits per heavy atom. The van der Waals surface area contributed by atoms with Gasteiger partial charge in [-0.15, -0.1) is 0 Å². The number of hydrogen-bond acceptors (Lipinski definition) is 2. The third kappa shape index (κ3) is 3.72. The van der Waals surface area contributed by atoms with Crippen LogP contribution in [-0.4, -0.2) is 8.42 Å². The molecule has 0 radical (unpaired) electrons. The molecule has 0 heterocycles. The van der Waals surface area contributed by atoms with Crippen LogP contribution in [0.1, 0.15) is 11.1 Å². The second-order valence-electron chi connectivity index (χ2n) is 4.60. The van der Waals surface area contributed by atoms with E-state index in [9.17, 15) is 8.42 Å². The van der Waals surface area contributed by atoms with Crippen LogP contribution in [-0.2, 0) is 10.0 Å². The molecular weight excluding hydrogens is 397 g/mol. The van der Waals surface area contributed by atoms with Gasteiger partial charge in [-0.2, -0.15) is 0 Å². The van der Waals surface area contributed by atoms with Crippen LogP contribution >= 0.6 is 39.1 Å². The zero-order valence-electron chi connectivity index (χ0n) is 11.2. The molecule has 0 fully saturated rings. The minimum atomic E-state index is -3.77. The Bertz CT molecular complexity index is 807. The van der Waals surface area contributed by atoms with Crippen LogP contribution in [0.3, 0.4) is 0 Å². The molecule has 0 saturated carbocycles. The van der Waals surface area contributed by atoms with Gasteiger partial charge in [0.05, 0.1) is 10.7 Å². The molecule has 0 atom stereocenters. The van der Waals surface area contributed by atoms with Gasteiger partial charge in [0.1, 0.15) is 4.90 Å². The highest BCUT2D eigenvalue weighted by molar-refractivity contribution is 9.10. The average molecular weight is 409 g/mol. The van der Waals surface area contributed by atoms with Crippen molar-refractivity contribution in [2.24, 2.45) is 0 Å². The first kappa shape index (κ1) is 16.6. The molecule has 3 nitrogen and oxygen atoms in total. The fraction of sp³-hybridized carbons (Fsp3) is 0.143. The molecule has 0 saturated heterocycles. The summed E-state index contributed by atoms with van der Waals surface area (Å²) in [5, 5.41) is 0.520. The molecule has 0 aliphatic rings. The summed E-state index contributed by atoms with van der Waals surface area (Å²) in [6.45, 7) is 3.54. The van der Waals surface area contributed by atoms with Crippen molar-refractivity contribution in [3.63, 3.8) is 0 Å². The number of rotatable bonds is 3. The van der Waals surface area contributed by atoms with E-state index in [1.165, 1.54) is 12.1 Å². The lowest BCUT2D eigenvalue weighted by Crippen LogP contribution is -2.14. The van der Waals surface area contributed by atoms with Crippen LogP contribution < -0.4 is 4.72 Å². The van der Waals surface area contributed by atoms with Crippen LogP contribution in [0.2, 0.25) is 10.0 Å². The fourth-order valence-corrected chi connectivity index (χ4v) is 4.22. The second-order valence-corrected chi connectivity index (χ2v) is 7.98. The van der Waals surface area contributed by atoms with Crippen LogP contribution in [0.15, 0.2) is 39.7 Å². The average Bonchev–Trinajstić information content (AvgIpc) is 2.37. The van der Waals surface area contributed by atoms with Crippen LogP contribution in [0.25, 0.3) is 0 Å². The first-order valence-corrected chi connectivity index (χ1v) is 8.98. The molecule has 21 heavy (non-hydrogen) atoms. The summed E-state index contributed by atoms with van der Waals surface area (Å²) >= 11 is 15.3. The van der Waals surface area contributed by atoms with Crippen molar-refractivity contribution < 1.29 is 8.42 Å². The molecule has 2 aromatic rings. The Hall–Kier alpha value is -0.750. The zero-order chi connectivity index (χ0) is 15.8. The molecular formula is C14H12BrCl2NO2S. The topological polar surface area (TPSA) is 46.2 Å². The summed E-state index contributed by atoms with van der Waals surface area (Å²) in [6, 6.07) is 8.17. The van der Waals surface area contributed by atoms with Gasteiger partial charge < -0.3 is 0 Å². The normalized spacial score (nSPS) is 11.5. The molecule has 7 heteroatoms. The van der Waals surface area contributed by atoms with E-state index < -0.39 is 10.0 Å². The smallest absolute Gasteiger partial charge is 0.263 e. The maximum absolute atomic E-state index is 12.5. The van der Waals surface area contributed by atoms with Crippen molar-refractivity contribution in [2.75, 3.05) is 4.72 Å². The summed E-state index contributed by atoms with van der Waals surface area (Å²) in [7, 11) is -3.77. The van der Waals surface area contributed by atoms with Crippen LogP contribution in [0, 0.1) is 13.8 Å². The quantitative estimate of drug-likeness (QED) is 0.760. The molecule has 0 unspecified atom stereocenters. The Morgan fingerprint density at radius 2 is 1.67 bits per heavy atom. The number of benzene rings is 2. The standard InChI is InChI=1S/C14H12BrCl2NO2S/c1-8-6-14(12(17)7-11(8)16)21(19,20)18-13-4-3-10(15)5-9(13)2/h3-7,18H,1-2H3. The van der Waals surface area contributed by atoms with E-state index in [2.05, 4.69) is 20.7 Å². The Balaban J connectivity index is 2.46. The van der Waals surface area contributed by atoms with Gasteiger partial charge in [-0.05, 0) is 55.3 Å². The molecule has 0 spiro atoms. The molecule has 2 rings (SSSR count). The predicted molar refractivity (Wildman–Crippen MR) is 90.9 cm³/mol. The van der Waals surface area contributed by atoms with Crippen molar-refractivity contribution in [2.45, 2.75) is 18.7 Å². The van der Waals surface area contributed by atoms with E-state index >= 15 is 0 Å². The summed E-state index contributed by atoms with van der Waals surface area (Å²) < 4.78 is 28.4. The van der Waals surface area contributed by atoms with E-state index in [-0.39, 0.29) is 9.92 Å². The number of anilines is 1.